The predicted octanol–water partition coefficient (Wildman–Crippen LogP) is 7.52. The fourth-order valence-corrected chi connectivity index (χ4v) is 4.46. The van der Waals surface area contributed by atoms with Gasteiger partial charge in [0.2, 0.25) is 5.95 Å². The zero-order valence-electron chi connectivity index (χ0n) is 21.4. The molecule has 1 aliphatic rings. The molecular weight excluding hydrogens is 426 g/mol. The molecule has 3 aromatic rings. The third-order valence-electron chi connectivity index (χ3n) is 5.87. The molecule has 1 N–H and O–H groups in total. The number of nitrogens with zero attached hydrogens (tertiary/aromatic N) is 2. The Morgan fingerprint density at radius 3 is 2.47 bits per heavy atom. The van der Waals surface area contributed by atoms with Crippen molar-refractivity contribution in [2.45, 2.75) is 78.9 Å². The summed E-state index contributed by atoms with van der Waals surface area (Å²) in [6.45, 7) is 10.6. The number of anilines is 2. The van der Waals surface area contributed by atoms with Crippen LogP contribution in [0.1, 0.15) is 83.1 Å². The van der Waals surface area contributed by atoms with Crippen molar-refractivity contribution in [2.75, 3.05) is 12.4 Å². The topological polar surface area (TPSA) is 65.4 Å². The first-order chi connectivity index (χ1) is 16.4. The predicted molar refractivity (Wildman–Crippen MR) is 139 cm³/mol. The first-order valence-corrected chi connectivity index (χ1v) is 12.5. The molecule has 0 amide bonds. The fraction of sp³-hybridized carbons (Fsp3) is 0.500. The quantitative estimate of drug-likeness (QED) is 0.381. The van der Waals surface area contributed by atoms with Crippen molar-refractivity contribution >= 4 is 28.6 Å². The molecule has 0 aliphatic heterocycles. The second kappa shape index (κ2) is 11.9. The minimum absolute atomic E-state index is 0.139. The average Bonchev–Trinajstić information content (AvgIpc) is 3.17. The van der Waals surface area contributed by atoms with Crippen molar-refractivity contribution in [3.8, 4) is 5.75 Å². The van der Waals surface area contributed by atoms with Gasteiger partial charge in [-0.1, -0.05) is 40.0 Å². The van der Waals surface area contributed by atoms with E-state index in [1.807, 2.05) is 56.3 Å². The molecule has 0 saturated heterocycles. The molecule has 1 unspecified atom stereocenters. The van der Waals surface area contributed by atoms with E-state index in [-0.39, 0.29) is 12.1 Å². The van der Waals surface area contributed by atoms with Crippen molar-refractivity contribution in [1.82, 2.24) is 9.55 Å². The summed E-state index contributed by atoms with van der Waals surface area (Å²) in [6, 6.07) is 13.9. The minimum Gasteiger partial charge on any atom is -0.491 e. The summed E-state index contributed by atoms with van der Waals surface area (Å²) in [7, 11) is 1.40. The van der Waals surface area contributed by atoms with Crippen molar-refractivity contribution < 1.29 is 14.3 Å². The van der Waals surface area contributed by atoms with Crippen molar-refractivity contribution in [1.29, 1.82) is 0 Å². The van der Waals surface area contributed by atoms with Gasteiger partial charge in [0, 0.05) is 11.7 Å². The molecule has 34 heavy (non-hydrogen) atoms. The van der Waals surface area contributed by atoms with Crippen molar-refractivity contribution in [3.05, 3.63) is 48.0 Å². The number of carbonyl (C=O) groups is 1. The van der Waals surface area contributed by atoms with Crippen LogP contribution in [0.3, 0.4) is 0 Å². The van der Waals surface area contributed by atoms with Gasteiger partial charge in [0.15, 0.2) is 0 Å². The maximum Gasteiger partial charge on any atom is 0.337 e. The summed E-state index contributed by atoms with van der Waals surface area (Å²) < 4.78 is 12.9. The minimum atomic E-state index is -0.349. The van der Waals surface area contributed by atoms with E-state index in [1.54, 1.807) is 0 Å². The third-order valence-corrected chi connectivity index (χ3v) is 5.87. The van der Waals surface area contributed by atoms with Gasteiger partial charge in [-0.15, -0.1) is 0 Å². The van der Waals surface area contributed by atoms with Gasteiger partial charge in [-0.25, -0.2) is 9.78 Å². The number of esters is 1. The number of methoxy groups -OCH3 is 1. The van der Waals surface area contributed by atoms with Crippen LogP contribution in [0.5, 0.6) is 5.75 Å². The first-order valence-electron chi connectivity index (χ1n) is 12.5. The van der Waals surface area contributed by atoms with E-state index >= 15 is 0 Å². The van der Waals surface area contributed by atoms with E-state index in [0.717, 1.165) is 41.3 Å². The van der Waals surface area contributed by atoms with Gasteiger partial charge < -0.3 is 19.4 Å². The molecule has 6 nitrogen and oxygen atoms in total. The van der Waals surface area contributed by atoms with Crippen LogP contribution in [0, 0.1) is 5.92 Å². The summed E-state index contributed by atoms with van der Waals surface area (Å²) in [5, 5.41) is 3.50. The maximum absolute atomic E-state index is 12.0. The molecule has 0 bridgehead atoms. The van der Waals surface area contributed by atoms with Crippen LogP contribution >= 0.6 is 0 Å². The number of ether oxygens (including phenoxy) is 2. The Kier molecular flexibility index (Phi) is 8.97. The summed E-state index contributed by atoms with van der Waals surface area (Å²) >= 11 is 0. The zero-order valence-corrected chi connectivity index (χ0v) is 21.4. The van der Waals surface area contributed by atoms with E-state index in [1.165, 1.54) is 26.4 Å². The number of nitrogens with one attached hydrogen (secondary N) is 1. The van der Waals surface area contributed by atoms with E-state index in [2.05, 4.69) is 30.7 Å². The lowest BCUT2D eigenvalue weighted by molar-refractivity contribution is 0.0601. The number of imidazole rings is 1. The lowest BCUT2D eigenvalue weighted by atomic mass is 9.87. The normalized spacial score (nSPS) is 17.7. The van der Waals surface area contributed by atoms with Gasteiger partial charge in [0.1, 0.15) is 5.75 Å². The van der Waals surface area contributed by atoms with E-state index in [0.29, 0.717) is 17.5 Å². The summed E-state index contributed by atoms with van der Waals surface area (Å²) in [5.41, 5.74) is 3.29. The number of aromatic nitrogens is 2. The van der Waals surface area contributed by atoms with Gasteiger partial charge in [0.25, 0.3) is 0 Å². The SMILES string of the molecule is CCC.COC(=O)c1ccc2c(c1)nc(Nc1ccc(OC(C)C)cc1)n2[C@H]1CCCC(C)C1. The van der Waals surface area contributed by atoms with Crippen LogP contribution in [0.4, 0.5) is 11.6 Å². The lowest BCUT2D eigenvalue weighted by Crippen LogP contribution is -2.19. The Labute approximate surface area is 203 Å². The Hall–Kier alpha value is -3.02. The third kappa shape index (κ3) is 6.31. The Balaban J connectivity index is 0.00000103. The molecule has 2 aromatic carbocycles. The first kappa shape index (κ1) is 25.6. The number of fused-ring (bicyclic) bond motifs is 1. The highest BCUT2D eigenvalue weighted by molar-refractivity contribution is 5.94. The highest BCUT2D eigenvalue weighted by Gasteiger charge is 2.25. The van der Waals surface area contributed by atoms with Crippen LogP contribution < -0.4 is 10.1 Å². The summed E-state index contributed by atoms with van der Waals surface area (Å²) in [5.74, 6) is 1.98. The smallest absolute Gasteiger partial charge is 0.337 e. The lowest BCUT2D eigenvalue weighted by Gasteiger charge is -2.29. The van der Waals surface area contributed by atoms with Crippen LogP contribution in [-0.2, 0) is 4.74 Å². The van der Waals surface area contributed by atoms with Crippen molar-refractivity contribution in [3.63, 3.8) is 0 Å². The second-order valence-electron chi connectivity index (χ2n) is 9.45. The molecule has 1 saturated carbocycles. The molecule has 6 heteroatoms. The highest BCUT2D eigenvalue weighted by atomic mass is 16.5. The maximum atomic E-state index is 12.0. The molecule has 1 fully saturated rings. The number of rotatable bonds is 6. The number of hydrogen-bond acceptors (Lipinski definition) is 5. The molecular formula is C28H39N3O3. The van der Waals surface area contributed by atoms with Gasteiger partial charge in [-0.3, -0.25) is 0 Å². The molecule has 1 aliphatic carbocycles. The summed E-state index contributed by atoms with van der Waals surface area (Å²) in [4.78, 5) is 16.9. The summed E-state index contributed by atoms with van der Waals surface area (Å²) in [6.07, 6.45) is 6.13. The highest BCUT2D eigenvalue weighted by Crippen LogP contribution is 2.37. The van der Waals surface area contributed by atoms with Crippen LogP contribution in [0.25, 0.3) is 11.0 Å². The second-order valence-corrected chi connectivity index (χ2v) is 9.45. The number of benzene rings is 2. The molecule has 0 spiro atoms. The van der Waals surface area contributed by atoms with Crippen LogP contribution in [-0.4, -0.2) is 28.7 Å². The van der Waals surface area contributed by atoms with Crippen molar-refractivity contribution in [2.24, 2.45) is 5.92 Å². The van der Waals surface area contributed by atoms with Gasteiger partial charge in [0.05, 0.1) is 29.8 Å². The number of carbonyl (C=O) groups excluding carboxylic acids is 1. The van der Waals surface area contributed by atoms with E-state index in [9.17, 15) is 4.79 Å². The van der Waals surface area contributed by atoms with Crippen LogP contribution in [0.15, 0.2) is 42.5 Å². The Morgan fingerprint density at radius 1 is 1.15 bits per heavy atom. The van der Waals surface area contributed by atoms with Crippen LogP contribution in [0.2, 0.25) is 0 Å². The zero-order chi connectivity index (χ0) is 24.7. The molecule has 1 aromatic heterocycles. The molecule has 0 radical (unpaired) electrons. The standard InChI is InChI=1S/C25H31N3O3.C3H8/c1-16(2)31-21-11-9-19(10-12-21)26-25-27-22-15-18(24(29)30-4)8-13-23(22)28(25)20-7-5-6-17(3)14-20;1-3-2/h8-13,15-17,20H,5-7,14H2,1-4H3,(H,26,27);3H2,1-2H3/t17?,20-;/m0./s1. The Morgan fingerprint density at radius 2 is 1.85 bits per heavy atom. The van der Waals surface area contributed by atoms with E-state index < -0.39 is 0 Å². The molecule has 1 heterocycles. The Bertz CT molecular complexity index is 1070. The molecule has 4 rings (SSSR count). The van der Waals surface area contributed by atoms with Gasteiger partial charge in [-0.05, 0) is 75.1 Å². The van der Waals surface area contributed by atoms with E-state index in [4.69, 9.17) is 14.5 Å². The fourth-order valence-electron chi connectivity index (χ4n) is 4.46. The van der Waals surface area contributed by atoms with Gasteiger partial charge >= 0.3 is 5.97 Å². The monoisotopic (exact) mass is 465 g/mol. The van der Waals surface area contributed by atoms with Gasteiger partial charge in [-0.2, -0.15) is 0 Å². The molecule has 2 atom stereocenters. The molecule has 184 valence electrons. The largest absolute Gasteiger partial charge is 0.491 e. The average molecular weight is 466 g/mol. The number of hydrogen-bond donors (Lipinski definition) is 1.